The number of ketones is 1. The lowest BCUT2D eigenvalue weighted by molar-refractivity contribution is -0.140. The van der Waals surface area contributed by atoms with Crippen LogP contribution in [-0.2, 0) is 20.9 Å². The van der Waals surface area contributed by atoms with Crippen molar-refractivity contribution in [1.29, 1.82) is 0 Å². The molecule has 2 aliphatic rings. The average molecular weight is 545 g/mol. The fourth-order valence-electron chi connectivity index (χ4n) is 5.24. The summed E-state index contributed by atoms with van der Waals surface area (Å²) in [6, 6.07) is 19.8. The van der Waals surface area contributed by atoms with Crippen LogP contribution in [0.2, 0.25) is 0 Å². The van der Waals surface area contributed by atoms with E-state index in [0.29, 0.717) is 49.7 Å². The maximum atomic E-state index is 13.8. The van der Waals surface area contributed by atoms with E-state index in [1.165, 1.54) is 17.0 Å². The number of rotatable bonds is 9. The summed E-state index contributed by atoms with van der Waals surface area (Å²) in [5.41, 5.74) is 2.77. The topological polar surface area (TPSA) is 79.3 Å². The highest BCUT2D eigenvalue weighted by Gasteiger charge is 2.45. The van der Waals surface area contributed by atoms with Crippen LogP contribution in [-0.4, -0.2) is 66.0 Å². The Bertz CT molecular complexity index is 1380. The number of amides is 1. The molecule has 2 heterocycles. The van der Waals surface area contributed by atoms with Gasteiger partial charge in [0.2, 0.25) is 0 Å². The molecule has 0 aromatic heterocycles. The number of aryl methyl sites for hydroxylation is 1. The molecule has 40 heavy (non-hydrogen) atoms. The van der Waals surface area contributed by atoms with Gasteiger partial charge in [-0.1, -0.05) is 42.5 Å². The van der Waals surface area contributed by atoms with E-state index in [1.54, 1.807) is 30.3 Å². The Labute approximate surface area is 233 Å². The number of nitrogens with zero attached hydrogens (tertiary/aromatic N) is 2. The molecule has 0 radical (unpaired) electrons. The zero-order chi connectivity index (χ0) is 28.1. The van der Waals surface area contributed by atoms with Gasteiger partial charge in [0.1, 0.15) is 23.9 Å². The summed E-state index contributed by atoms with van der Waals surface area (Å²) in [5, 5.41) is 11.4. The average Bonchev–Trinajstić information content (AvgIpc) is 3.22. The number of carbonyl (C=O) groups is 2. The molecule has 0 saturated carbocycles. The van der Waals surface area contributed by atoms with E-state index in [4.69, 9.17) is 9.47 Å². The van der Waals surface area contributed by atoms with Crippen LogP contribution in [0.5, 0.6) is 5.75 Å². The maximum absolute atomic E-state index is 13.8. The largest absolute Gasteiger partial charge is 0.507 e. The highest BCUT2D eigenvalue weighted by molar-refractivity contribution is 6.46. The molecule has 2 aliphatic heterocycles. The minimum Gasteiger partial charge on any atom is -0.507 e. The molecule has 1 N–H and O–H groups in total. The third kappa shape index (κ3) is 6.08. The zero-order valence-corrected chi connectivity index (χ0v) is 22.5. The van der Waals surface area contributed by atoms with E-state index in [2.05, 4.69) is 4.90 Å². The first-order valence-electron chi connectivity index (χ1n) is 13.5. The molecule has 3 aromatic rings. The van der Waals surface area contributed by atoms with Crippen molar-refractivity contribution in [3.8, 4) is 5.75 Å². The number of carbonyl (C=O) groups excluding carboxylic acids is 2. The molecule has 0 aliphatic carbocycles. The number of hydrogen-bond acceptors (Lipinski definition) is 6. The van der Waals surface area contributed by atoms with Crippen molar-refractivity contribution < 1.29 is 28.6 Å². The number of halogens is 1. The first-order valence-corrected chi connectivity index (χ1v) is 13.5. The summed E-state index contributed by atoms with van der Waals surface area (Å²) in [5.74, 6) is -1.45. The predicted molar refractivity (Wildman–Crippen MR) is 149 cm³/mol. The summed E-state index contributed by atoms with van der Waals surface area (Å²) in [6.07, 6.45) is 0.650. The zero-order valence-electron chi connectivity index (χ0n) is 22.5. The Hall–Kier alpha value is -4.01. The van der Waals surface area contributed by atoms with Crippen molar-refractivity contribution >= 4 is 17.4 Å². The molecule has 3 aromatic carbocycles. The number of morpholine rings is 1. The van der Waals surface area contributed by atoms with Crippen molar-refractivity contribution in [3.63, 3.8) is 0 Å². The summed E-state index contributed by atoms with van der Waals surface area (Å²) < 4.78 is 25.1. The quantitative estimate of drug-likeness (QED) is 0.236. The summed E-state index contributed by atoms with van der Waals surface area (Å²) in [6.45, 7) is 6.34. The van der Waals surface area contributed by atoms with Gasteiger partial charge in [0.05, 0.1) is 24.8 Å². The van der Waals surface area contributed by atoms with Gasteiger partial charge < -0.3 is 19.5 Å². The SMILES string of the molecule is Cc1cc(/C(O)=C2\C(=O)C(=O)N(CCCN3CCOCC3)[C@@H]2c2ccc(F)cc2)ccc1OCc1ccccc1. The number of aliphatic hydroxyl groups is 1. The molecule has 7 nitrogen and oxygen atoms in total. The van der Waals surface area contributed by atoms with E-state index in [0.717, 1.165) is 30.8 Å². The molecule has 2 saturated heterocycles. The molecule has 5 rings (SSSR count). The molecule has 1 atom stereocenters. The van der Waals surface area contributed by atoms with Crippen molar-refractivity contribution in [1.82, 2.24) is 9.80 Å². The van der Waals surface area contributed by atoms with Gasteiger partial charge in [-0.3, -0.25) is 14.5 Å². The third-order valence-electron chi connectivity index (χ3n) is 7.39. The number of likely N-dealkylation sites (tertiary alicyclic amines) is 1. The van der Waals surface area contributed by atoms with Crippen molar-refractivity contribution in [2.45, 2.75) is 26.0 Å². The van der Waals surface area contributed by atoms with Crippen molar-refractivity contribution in [2.75, 3.05) is 39.4 Å². The predicted octanol–water partition coefficient (Wildman–Crippen LogP) is 4.86. The molecule has 1 amide bonds. The number of benzene rings is 3. The van der Waals surface area contributed by atoms with E-state index < -0.39 is 23.5 Å². The second kappa shape index (κ2) is 12.4. The van der Waals surface area contributed by atoms with Crippen LogP contribution in [0.3, 0.4) is 0 Å². The highest BCUT2D eigenvalue weighted by atomic mass is 19.1. The van der Waals surface area contributed by atoms with Gasteiger partial charge in [-0.25, -0.2) is 4.39 Å². The molecular formula is C32H33FN2O5. The van der Waals surface area contributed by atoms with Crippen molar-refractivity contribution in [3.05, 3.63) is 106 Å². The van der Waals surface area contributed by atoms with Gasteiger partial charge in [-0.05, 0) is 60.4 Å². The molecule has 0 spiro atoms. The lowest BCUT2D eigenvalue weighted by Gasteiger charge is -2.29. The Kier molecular flexibility index (Phi) is 8.57. The molecule has 8 heteroatoms. The van der Waals surface area contributed by atoms with Gasteiger partial charge in [0.25, 0.3) is 11.7 Å². The smallest absolute Gasteiger partial charge is 0.295 e. The number of hydrogen-bond donors (Lipinski definition) is 1. The first-order chi connectivity index (χ1) is 19.4. The number of aliphatic hydroxyl groups excluding tert-OH is 1. The molecule has 208 valence electrons. The molecular weight excluding hydrogens is 511 g/mol. The lowest BCUT2D eigenvalue weighted by atomic mass is 9.94. The van der Waals surface area contributed by atoms with E-state index in [9.17, 15) is 19.1 Å². The fourth-order valence-corrected chi connectivity index (χ4v) is 5.24. The third-order valence-corrected chi connectivity index (χ3v) is 7.39. The Morgan fingerprint density at radius 1 is 1.00 bits per heavy atom. The van der Waals surface area contributed by atoms with Crippen LogP contribution in [0.25, 0.3) is 5.76 Å². The summed E-state index contributed by atoms with van der Waals surface area (Å²) in [7, 11) is 0. The first kappa shape index (κ1) is 27.6. The fraction of sp³-hybridized carbons (Fsp3) is 0.312. The summed E-state index contributed by atoms with van der Waals surface area (Å²) >= 11 is 0. The Balaban J connectivity index is 1.41. The van der Waals surface area contributed by atoms with Gasteiger partial charge >= 0.3 is 0 Å². The van der Waals surface area contributed by atoms with Crippen LogP contribution >= 0.6 is 0 Å². The van der Waals surface area contributed by atoms with Crippen LogP contribution in [0.15, 0.2) is 78.4 Å². The van der Waals surface area contributed by atoms with E-state index in [-0.39, 0.29) is 11.3 Å². The standard InChI is InChI=1S/C32H33FN2O5/c1-22-20-25(10-13-27(22)40-21-23-6-3-2-4-7-23)30(36)28-29(24-8-11-26(33)12-9-24)35(32(38)31(28)37)15-5-14-34-16-18-39-19-17-34/h2-4,6-13,20,29,36H,5,14-19,21H2,1H3/b30-28+/t29-/m1/s1. The lowest BCUT2D eigenvalue weighted by Crippen LogP contribution is -2.38. The Morgan fingerprint density at radius 2 is 1.73 bits per heavy atom. The molecule has 0 bridgehead atoms. The van der Waals surface area contributed by atoms with Crippen molar-refractivity contribution in [2.24, 2.45) is 0 Å². The summed E-state index contributed by atoms with van der Waals surface area (Å²) in [4.78, 5) is 30.3. The van der Waals surface area contributed by atoms with Crippen LogP contribution in [0.1, 0.15) is 34.7 Å². The number of ether oxygens (including phenoxy) is 2. The molecule has 2 fully saturated rings. The maximum Gasteiger partial charge on any atom is 0.295 e. The Morgan fingerprint density at radius 3 is 2.42 bits per heavy atom. The normalized spacial score (nSPS) is 19.2. The van der Waals surface area contributed by atoms with Crippen LogP contribution < -0.4 is 4.74 Å². The van der Waals surface area contributed by atoms with E-state index >= 15 is 0 Å². The number of Topliss-reactive ketones (excluding diaryl/α,β-unsaturated/α-hetero) is 1. The van der Waals surface area contributed by atoms with Crippen LogP contribution in [0.4, 0.5) is 4.39 Å². The minimum atomic E-state index is -0.820. The van der Waals surface area contributed by atoms with Gasteiger partial charge in [-0.15, -0.1) is 0 Å². The highest BCUT2D eigenvalue weighted by Crippen LogP contribution is 2.40. The molecule has 0 unspecified atom stereocenters. The monoisotopic (exact) mass is 544 g/mol. The van der Waals surface area contributed by atoms with Gasteiger partial charge in [0.15, 0.2) is 0 Å². The minimum absolute atomic E-state index is 0.000310. The second-order valence-corrected chi connectivity index (χ2v) is 10.1. The van der Waals surface area contributed by atoms with Gasteiger partial charge in [0, 0.05) is 31.7 Å². The van der Waals surface area contributed by atoms with Gasteiger partial charge in [-0.2, -0.15) is 0 Å². The second-order valence-electron chi connectivity index (χ2n) is 10.1. The van der Waals surface area contributed by atoms with E-state index in [1.807, 2.05) is 37.3 Å². The van der Waals surface area contributed by atoms with Crippen LogP contribution in [0, 0.1) is 12.7 Å².